The Morgan fingerprint density at radius 1 is 0.929 bits per heavy atom. The summed E-state index contributed by atoms with van der Waals surface area (Å²) in [5.41, 5.74) is 8.31. The summed E-state index contributed by atoms with van der Waals surface area (Å²) in [6.45, 7) is 13.9. The molecule has 0 unspecified atom stereocenters. The first kappa shape index (κ1) is 19.0. The maximum absolute atomic E-state index is 11.2. The highest BCUT2D eigenvalue weighted by molar-refractivity contribution is 5.89. The van der Waals surface area contributed by atoms with E-state index in [2.05, 4.69) is 46.4 Å². The minimum absolute atomic E-state index is 0.162. The fourth-order valence-corrected chi connectivity index (χ4v) is 4.59. The highest BCUT2D eigenvalue weighted by Gasteiger charge is 2.39. The van der Waals surface area contributed by atoms with Crippen molar-refractivity contribution in [2.75, 3.05) is 0 Å². The molecule has 1 fully saturated rings. The van der Waals surface area contributed by atoms with Crippen molar-refractivity contribution < 1.29 is 9.90 Å². The van der Waals surface area contributed by atoms with Gasteiger partial charge in [-0.2, -0.15) is 0 Å². The predicted molar refractivity (Wildman–Crippen MR) is 115 cm³/mol. The highest BCUT2D eigenvalue weighted by atomic mass is 16.4. The van der Waals surface area contributed by atoms with Gasteiger partial charge >= 0.3 is 5.97 Å². The number of aromatic carboxylic acids is 1. The van der Waals surface area contributed by atoms with E-state index in [1.165, 1.54) is 47.9 Å². The van der Waals surface area contributed by atoms with Crippen molar-refractivity contribution in [2.24, 2.45) is 0 Å². The van der Waals surface area contributed by atoms with Crippen LogP contribution in [-0.2, 0) is 10.8 Å². The van der Waals surface area contributed by atoms with Gasteiger partial charge in [0.2, 0.25) is 0 Å². The van der Waals surface area contributed by atoms with Crippen molar-refractivity contribution in [2.45, 2.75) is 70.1 Å². The van der Waals surface area contributed by atoms with Gasteiger partial charge in [0.1, 0.15) is 0 Å². The van der Waals surface area contributed by atoms with Gasteiger partial charge in [0, 0.05) is 0 Å². The van der Waals surface area contributed by atoms with Gasteiger partial charge in [0.25, 0.3) is 0 Å². The Kier molecular flexibility index (Phi) is 4.30. The monoisotopic (exact) mass is 374 g/mol. The van der Waals surface area contributed by atoms with Crippen LogP contribution in [0.4, 0.5) is 0 Å². The van der Waals surface area contributed by atoms with Gasteiger partial charge in [0.15, 0.2) is 0 Å². The number of carboxylic acid groups (broad SMARTS) is 1. The molecule has 28 heavy (non-hydrogen) atoms. The molecule has 2 aliphatic rings. The SMILES string of the molecule is C=C(c1ccc(C(=O)O)cc1)c1cc2c(cc1C1CC1)C(C)(C)CCC2(C)C. The Labute approximate surface area is 168 Å². The van der Waals surface area contributed by atoms with Crippen LogP contribution in [-0.4, -0.2) is 11.1 Å². The van der Waals surface area contributed by atoms with Crippen LogP contribution in [0.15, 0.2) is 43.0 Å². The van der Waals surface area contributed by atoms with E-state index < -0.39 is 5.97 Å². The van der Waals surface area contributed by atoms with Crippen LogP contribution in [0.1, 0.15) is 97.5 Å². The molecule has 0 bridgehead atoms. The zero-order valence-corrected chi connectivity index (χ0v) is 17.4. The quantitative estimate of drug-likeness (QED) is 0.648. The first-order chi connectivity index (χ1) is 13.1. The summed E-state index contributed by atoms with van der Waals surface area (Å²) in [6.07, 6.45) is 4.91. The molecule has 2 aliphatic carbocycles. The van der Waals surface area contributed by atoms with Crippen LogP contribution >= 0.6 is 0 Å². The van der Waals surface area contributed by atoms with Gasteiger partial charge in [-0.05, 0) is 88.0 Å². The summed E-state index contributed by atoms with van der Waals surface area (Å²) in [5, 5.41) is 9.17. The van der Waals surface area contributed by atoms with Crippen LogP contribution in [0.3, 0.4) is 0 Å². The lowest BCUT2D eigenvalue weighted by molar-refractivity contribution is 0.0697. The zero-order chi connectivity index (χ0) is 20.3. The molecule has 2 heteroatoms. The van der Waals surface area contributed by atoms with Gasteiger partial charge in [0.05, 0.1) is 5.56 Å². The Bertz CT molecular complexity index is 957. The molecule has 0 radical (unpaired) electrons. The van der Waals surface area contributed by atoms with Crippen molar-refractivity contribution in [3.8, 4) is 0 Å². The summed E-state index contributed by atoms with van der Waals surface area (Å²) in [6, 6.07) is 12.0. The molecule has 146 valence electrons. The van der Waals surface area contributed by atoms with E-state index in [0.29, 0.717) is 11.5 Å². The molecular weight excluding hydrogens is 344 g/mol. The summed E-state index contributed by atoms with van der Waals surface area (Å²) in [4.78, 5) is 11.2. The average Bonchev–Trinajstić information content (AvgIpc) is 3.49. The molecule has 0 aliphatic heterocycles. The van der Waals surface area contributed by atoms with Crippen LogP contribution < -0.4 is 0 Å². The lowest BCUT2D eigenvalue weighted by atomic mass is 9.62. The molecule has 4 rings (SSSR count). The predicted octanol–water partition coefficient (Wildman–Crippen LogP) is 6.67. The number of carboxylic acids is 1. The summed E-state index contributed by atoms with van der Waals surface area (Å²) in [7, 11) is 0. The standard InChI is InChI=1S/C26H30O2/c1-16(17-6-10-19(11-7-17)24(27)28)20-14-22-23(15-21(20)18-8-9-18)26(4,5)13-12-25(22,2)3/h6-7,10-11,14-15,18H,1,8-9,12-13H2,2-5H3,(H,27,28). The molecule has 2 aromatic rings. The lowest BCUT2D eigenvalue weighted by Gasteiger charge is -2.42. The number of hydrogen-bond donors (Lipinski definition) is 1. The number of benzene rings is 2. The number of carbonyl (C=O) groups is 1. The van der Waals surface area contributed by atoms with E-state index in [9.17, 15) is 9.90 Å². The number of fused-ring (bicyclic) bond motifs is 1. The fraction of sp³-hybridized carbons (Fsp3) is 0.423. The molecule has 1 saturated carbocycles. The third-order valence-corrected chi connectivity index (χ3v) is 6.85. The first-order valence-electron chi connectivity index (χ1n) is 10.3. The number of hydrogen-bond acceptors (Lipinski definition) is 1. The van der Waals surface area contributed by atoms with E-state index in [-0.39, 0.29) is 10.8 Å². The van der Waals surface area contributed by atoms with Crippen molar-refractivity contribution in [1.29, 1.82) is 0 Å². The average molecular weight is 375 g/mol. The molecule has 0 saturated heterocycles. The molecule has 0 atom stereocenters. The van der Waals surface area contributed by atoms with Gasteiger partial charge in [-0.15, -0.1) is 0 Å². The van der Waals surface area contributed by atoms with E-state index >= 15 is 0 Å². The van der Waals surface area contributed by atoms with Crippen LogP contribution in [0.5, 0.6) is 0 Å². The third-order valence-electron chi connectivity index (χ3n) is 6.85. The largest absolute Gasteiger partial charge is 0.478 e. The minimum atomic E-state index is -0.895. The Hall–Kier alpha value is -2.35. The maximum Gasteiger partial charge on any atom is 0.335 e. The molecule has 0 heterocycles. The number of rotatable bonds is 4. The second-order valence-corrected chi connectivity index (χ2v) is 9.89. The van der Waals surface area contributed by atoms with Gasteiger partial charge in [-0.1, -0.05) is 58.5 Å². The highest BCUT2D eigenvalue weighted by Crippen LogP contribution is 2.51. The smallest absolute Gasteiger partial charge is 0.335 e. The second-order valence-electron chi connectivity index (χ2n) is 9.89. The van der Waals surface area contributed by atoms with Crippen molar-refractivity contribution >= 4 is 11.5 Å². The van der Waals surface area contributed by atoms with Crippen LogP contribution in [0.2, 0.25) is 0 Å². The first-order valence-corrected chi connectivity index (χ1v) is 10.3. The van der Waals surface area contributed by atoms with Gasteiger partial charge in [-0.25, -0.2) is 4.79 Å². The topological polar surface area (TPSA) is 37.3 Å². The molecule has 0 spiro atoms. The van der Waals surface area contributed by atoms with E-state index in [1.54, 1.807) is 12.1 Å². The minimum Gasteiger partial charge on any atom is -0.478 e. The van der Waals surface area contributed by atoms with Gasteiger partial charge < -0.3 is 5.11 Å². The Morgan fingerprint density at radius 2 is 1.43 bits per heavy atom. The summed E-state index contributed by atoms with van der Waals surface area (Å²) >= 11 is 0. The van der Waals surface area contributed by atoms with Crippen molar-refractivity contribution in [3.63, 3.8) is 0 Å². The van der Waals surface area contributed by atoms with E-state index in [4.69, 9.17) is 0 Å². The van der Waals surface area contributed by atoms with Crippen molar-refractivity contribution in [3.05, 3.63) is 76.4 Å². The van der Waals surface area contributed by atoms with E-state index in [1.807, 2.05) is 12.1 Å². The molecule has 0 amide bonds. The van der Waals surface area contributed by atoms with E-state index in [0.717, 1.165) is 11.1 Å². The normalized spacial score (nSPS) is 19.7. The lowest BCUT2D eigenvalue weighted by Crippen LogP contribution is -2.34. The molecular formula is C26H30O2. The molecule has 2 nitrogen and oxygen atoms in total. The summed E-state index contributed by atoms with van der Waals surface area (Å²) < 4.78 is 0. The maximum atomic E-state index is 11.2. The Morgan fingerprint density at radius 3 is 1.93 bits per heavy atom. The Balaban J connectivity index is 1.84. The fourth-order valence-electron chi connectivity index (χ4n) is 4.59. The zero-order valence-electron chi connectivity index (χ0n) is 17.4. The molecule has 1 N–H and O–H groups in total. The third kappa shape index (κ3) is 3.19. The van der Waals surface area contributed by atoms with Gasteiger partial charge in [-0.3, -0.25) is 0 Å². The van der Waals surface area contributed by atoms with Crippen molar-refractivity contribution in [1.82, 2.24) is 0 Å². The summed E-state index contributed by atoms with van der Waals surface area (Å²) in [5.74, 6) is -0.259. The second kappa shape index (κ2) is 6.34. The molecule has 2 aromatic carbocycles. The van der Waals surface area contributed by atoms with Crippen LogP contribution in [0.25, 0.3) is 5.57 Å². The molecule has 0 aromatic heterocycles. The van der Waals surface area contributed by atoms with Crippen LogP contribution in [0, 0.1) is 0 Å².